The highest BCUT2D eigenvalue weighted by Gasteiger charge is 2.66. The van der Waals surface area contributed by atoms with Gasteiger partial charge in [0.25, 0.3) is 0 Å². The summed E-state index contributed by atoms with van der Waals surface area (Å²) in [5, 5.41) is 10.3. The van der Waals surface area contributed by atoms with Gasteiger partial charge in [0, 0.05) is 0 Å². The highest BCUT2D eigenvalue weighted by atomic mass is 16.3. The quantitative estimate of drug-likeness (QED) is 0.831. The summed E-state index contributed by atoms with van der Waals surface area (Å²) in [6, 6.07) is 10.5. The lowest BCUT2D eigenvalue weighted by Crippen LogP contribution is -2.14. The minimum Gasteiger partial charge on any atom is -0.393 e. The molecule has 0 saturated heterocycles. The topological polar surface area (TPSA) is 20.2 Å². The molecule has 0 spiro atoms. The lowest BCUT2D eigenvalue weighted by atomic mass is 10.00. The average Bonchev–Trinajstić information content (AvgIpc) is 2.70. The summed E-state index contributed by atoms with van der Waals surface area (Å²) >= 11 is 0. The zero-order valence-corrected chi connectivity index (χ0v) is 12.1. The molecule has 0 aliphatic heterocycles. The molecule has 1 aromatic rings. The minimum atomic E-state index is -0.140. The molecule has 0 aromatic heterocycles. The third kappa shape index (κ3) is 2.33. The minimum absolute atomic E-state index is 0.140. The van der Waals surface area contributed by atoms with Gasteiger partial charge in [-0.2, -0.15) is 0 Å². The van der Waals surface area contributed by atoms with E-state index in [0.29, 0.717) is 16.7 Å². The average molecular weight is 246 g/mol. The monoisotopic (exact) mass is 246 g/mol. The van der Waals surface area contributed by atoms with Crippen molar-refractivity contribution in [1.82, 2.24) is 0 Å². The van der Waals surface area contributed by atoms with Crippen molar-refractivity contribution in [1.29, 1.82) is 0 Å². The Morgan fingerprint density at radius 2 is 1.61 bits per heavy atom. The van der Waals surface area contributed by atoms with Gasteiger partial charge in [-0.25, -0.2) is 0 Å². The zero-order chi connectivity index (χ0) is 13.4. The Bertz CT molecular complexity index is 377. The maximum Gasteiger partial charge on any atom is 0.0579 e. The smallest absolute Gasteiger partial charge is 0.0579 e. The molecule has 2 rings (SSSR count). The second-order valence-corrected chi connectivity index (χ2v) is 6.87. The fourth-order valence-electron chi connectivity index (χ4n) is 3.54. The van der Waals surface area contributed by atoms with Crippen molar-refractivity contribution in [3.8, 4) is 0 Å². The van der Waals surface area contributed by atoms with Crippen molar-refractivity contribution in [3.05, 3.63) is 35.9 Å². The Kier molecular flexibility index (Phi) is 3.55. The van der Waals surface area contributed by atoms with Gasteiger partial charge in [0.15, 0.2) is 0 Å². The van der Waals surface area contributed by atoms with Crippen LogP contribution < -0.4 is 0 Å². The second-order valence-electron chi connectivity index (χ2n) is 6.87. The molecular formula is C17H26O. The molecule has 1 heteroatoms. The van der Waals surface area contributed by atoms with Crippen molar-refractivity contribution in [2.75, 3.05) is 0 Å². The SMILES string of the molecule is CC1(C)C(C(O)CCCc2ccccc2)C1(C)C. The van der Waals surface area contributed by atoms with Gasteiger partial charge < -0.3 is 5.11 Å². The normalized spacial score (nSPS) is 22.7. The molecule has 1 aliphatic rings. The third-order valence-electron chi connectivity index (χ3n) is 5.33. The van der Waals surface area contributed by atoms with Crippen LogP contribution in [0.15, 0.2) is 30.3 Å². The fraction of sp³-hybridized carbons (Fsp3) is 0.647. The maximum absolute atomic E-state index is 10.3. The van der Waals surface area contributed by atoms with E-state index in [4.69, 9.17) is 0 Å². The van der Waals surface area contributed by atoms with E-state index in [9.17, 15) is 5.11 Å². The van der Waals surface area contributed by atoms with Crippen LogP contribution in [0.3, 0.4) is 0 Å². The van der Waals surface area contributed by atoms with E-state index >= 15 is 0 Å². The Morgan fingerprint density at radius 1 is 1.06 bits per heavy atom. The molecule has 1 aliphatic carbocycles. The number of aliphatic hydroxyl groups is 1. The van der Waals surface area contributed by atoms with Crippen molar-refractivity contribution in [2.24, 2.45) is 16.7 Å². The van der Waals surface area contributed by atoms with Crippen LogP contribution in [0.2, 0.25) is 0 Å². The standard InChI is InChI=1S/C17H26O/c1-16(2)15(17(16,3)4)14(18)12-8-11-13-9-6-5-7-10-13/h5-7,9-10,14-15,18H,8,11-12H2,1-4H3. The van der Waals surface area contributed by atoms with Gasteiger partial charge in [-0.1, -0.05) is 58.0 Å². The van der Waals surface area contributed by atoms with E-state index in [2.05, 4.69) is 52.0 Å². The Morgan fingerprint density at radius 3 is 2.11 bits per heavy atom. The molecular weight excluding hydrogens is 220 g/mol. The first kappa shape index (κ1) is 13.6. The second kappa shape index (κ2) is 4.70. The molecule has 100 valence electrons. The molecule has 1 N–H and O–H groups in total. The molecule has 1 unspecified atom stereocenters. The van der Waals surface area contributed by atoms with Gasteiger partial charge in [0.1, 0.15) is 0 Å². The van der Waals surface area contributed by atoms with Crippen LogP contribution in [0.1, 0.15) is 46.1 Å². The Balaban J connectivity index is 1.79. The molecule has 0 radical (unpaired) electrons. The molecule has 0 heterocycles. The van der Waals surface area contributed by atoms with E-state index in [0.717, 1.165) is 19.3 Å². The van der Waals surface area contributed by atoms with Crippen LogP contribution in [0.25, 0.3) is 0 Å². The number of rotatable bonds is 5. The van der Waals surface area contributed by atoms with E-state index < -0.39 is 0 Å². The van der Waals surface area contributed by atoms with Gasteiger partial charge in [0.2, 0.25) is 0 Å². The van der Waals surface area contributed by atoms with E-state index in [1.807, 2.05) is 6.07 Å². The summed E-state index contributed by atoms with van der Waals surface area (Å²) in [5.41, 5.74) is 1.96. The first-order valence-corrected chi connectivity index (χ1v) is 7.09. The summed E-state index contributed by atoms with van der Waals surface area (Å²) in [4.78, 5) is 0. The summed E-state index contributed by atoms with van der Waals surface area (Å²) in [6.07, 6.45) is 2.94. The highest BCUT2D eigenvalue weighted by molar-refractivity contribution is 5.16. The largest absolute Gasteiger partial charge is 0.393 e. The summed E-state index contributed by atoms with van der Waals surface area (Å²) in [7, 11) is 0. The molecule has 0 amide bonds. The van der Waals surface area contributed by atoms with Crippen LogP contribution in [0.4, 0.5) is 0 Å². The molecule has 1 fully saturated rings. The summed E-state index contributed by atoms with van der Waals surface area (Å²) in [6.45, 7) is 9.10. The third-order valence-corrected chi connectivity index (χ3v) is 5.33. The predicted molar refractivity (Wildman–Crippen MR) is 76.4 cm³/mol. The number of aliphatic hydroxyl groups excluding tert-OH is 1. The number of benzene rings is 1. The van der Waals surface area contributed by atoms with Crippen molar-refractivity contribution in [2.45, 2.75) is 53.1 Å². The van der Waals surface area contributed by atoms with Gasteiger partial charge >= 0.3 is 0 Å². The first-order chi connectivity index (χ1) is 8.37. The molecule has 1 nitrogen and oxygen atoms in total. The zero-order valence-electron chi connectivity index (χ0n) is 12.1. The van der Waals surface area contributed by atoms with E-state index in [1.165, 1.54) is 5.56 Å². The molecule has 1 aromatic carbocycles. The van der Waals surface area contributed by atoms with Gasteiger partial charge in [-0.15, -0.1) is 0 Å². The number of aryl methyl sites for hydroxylation is 1. The van der Waals surface area contributed by atoms with Crippen LogP contribution >= 0.6 is 0 Å². The van der Waals surface area contributed by atoms with Gasteiger partial charge in [0.05, 0.1) is 6.10 Å². The van der Waals surface area contributed by atoms with Crippen LogP contribution in [0, 0.1) is 16.7 Å². The first-order valence-electron chi connectivity index (χ1n) is 7.09. The van der Waals surface area contributed by atoms with E-state index in [1.54, 1.807) is 0 Å². The highest BCUT2D eigenvalue weighted by Crippen LogP contribution is 2.70. The molecule has 0 bridgehead atoms. The van der Waals surface area contributed by atoms with Crippen LogP contribution in [-0.4, -0.2) is 11.2 Å². The fourth-order valence-corrected chi connectivity index (χ4v) is 3.54. The van der Waals surface area contributed by atoms with Gasteiger partial charge in [-0.3, -0.25) is 0 Å². The van der Waals surface area contributed by atoms with Crippen molar-refractivity contribution in [3.63, 3.8) is 0 Å². The van der Waals surface area contributed by atoms with E-state index in [-0.39, 0.29) is 6.10 Å². The Hall–Kier alpha value is -0.820. The predicted octanol–water partition coefficient (Wildman–Crippen LogP) is 4.05. The summed E-state index contributed by atoms with van der Waals surface area (Å²) in [5.74, 6) is 0.459. The van der Waals surface area contributed by atoms with Crippen molar-refractivity contribution >= 4 is 0 Å². The van der Waals surface area contributed by atoms with Crippen LogP contribution in [0.5, 0.6) is 0 Å². The van der Waals surface area contributed by atoms with Gasteiger partial charge in [-0.05, 0) is 41.6 Å². The van der Waals surface area contributed by atoms with Crippen molar-refractivity contribution < 1.29 is 5.11 Å². The Labute approximate surface area is 111 Å². The van der Waals surface area contributed by atoms with Crippen LogP contribution in [-0.2, 0) is 6.42 Å². The lowest BCUT2D eigenvalue weighted by molar-refractivity contribution is 0.118. The number of hydrogen-bond acceptors (Lipinski definition) is 1. The maximum atomic E-state index is 10.3. The molecule has 1 atom stereocenters. The lowest BCUT2D eigenvalue weighted by Gasteiger charge is -2.12. The summed E-state index contributed by atoms with van der Waals surface area (Å²) < 4.78 is 0. The molecule has 18 heavy (non-hydrogen) atoms. The number of hydrogen-bond donors (Lipinski definition) is 1. The molecule has 1 saturated carbocycles.